The van der Waals surface area contributed by atoms with Gasteiger partial charge in [-0.1, -0.05) is 0 Å². The molecule has 1 aromatic rings. The zero-order valence-corrected chi connectivity index (χ0v) is 14.9. The van der Waals surface area contributed by atoms with Crippen LogP contribution in [0.1, 0.15) is 19.8 Å². The van der Waals surface area contributed by atoms with Gasteiger partial charge < -0.3 is 15.0 Å². The first-order chi connectivity index (χ1) is 13.0. The van der Waals surface area contributed by atoms with Crippen LogP contribution in [0.4, 0.5) is 11.4 Å². The number of hydrogen-bond donors (Lipinski definition) is 1. The first-order valence-corrected chi connectivity index (χ1v) is 8.53. The number of likely N-dealkylation sites (tertiary alicyclic amines) is 1. The SMILES string of the molecule is CCOC(=O)C1CCN(C(=O)/C(C#N)=C\Nc2ccc([N+](=O)[O-])cc2)CC1. The van der Waals surface area contributed by atoms with Crippen molar-refractivity contribution in [2.75, 3.05) is 25.0 Å². The Bertz CT molecular complexity index is 774. The number of amides is 1. The summed E-state index contributed by atoms with van der Waals surface area (Å²) in [5, 5.41) is 22.7. The van der Waals surface area contributed by atoms with E-state index < -0.39 is 10.8 Å². The number of nitro benzene ring substituents is 1. The van der Waals surface area contributed by atoms with E-state index in [1.807, 2.05) is 6.07 Å². The van der Waals surface area contributed by atoms with E-state index >= 15 is 0 Å². The average Bonchev–Trinajstić information content (AvgIpc) is 2.69. The topological polar surface area (TPSA) is 126 Å². The number of ether oxygens (including phenoxy) is 1. The number of hydrogen-bond acceptors (Lipinski definition) is 7. The third-order valence-corrected chi connectivity index (χ3v) is 4.21. The summed E-state index contributed by atoms with van der Waals surface area (Å²) in [4.78, 5) is 35.9. The number of piperidine rings is 1. The number of nitrogens with one attached hydrogen (secondary N) is 1. The van der Waals surface area contributed by atoms with Crippen LogP contribution in [-0.4, -0.2) is 41.4 Å². The minimum Gasteiger partial charge on any atom is -0.466 e. The molecular formula is C18H20N4O5. The van der Waals surface area contributed by atoms with Gasteiger partial charge in [0.2, 0.25) is 0 Å². The molecule has 1 saturated heterocycles. The van der Waals surface area contributed by atoms with Gasteiger partial charge in [-0.15, -0.1) is 0 Å². The van der Waals surface area contributed by atoms with E-state index in [4.69, 9.17) is 4.74 Å². The molecule has 0 radical (unpaired) electrons. The summed E-state index contributed by atoms with van der Waals surface area (Å²) in [6.45, 7) is 2.82. The van der Waals surface area contributed by atoms with Gasteiger partial charge in [-0.3, -0.25) is 19.7 Å². The summed E-state index contributed by atoms with van der Waals surface area (Å²) in [6, 6.07) is 7.48. The third kappa shape index (κ3) is 5.28. The van der Waals surface area contributed by atoms with E-state index in [1.165, 1.54) is 35.4 Å². The molecule has 0 aromatic heterocycles. The summed E-state index contributed by atoms with van der Waals surface area (Å²) in [5.41, 5.74) is 0.385. The van der Waals surface area contributed by atoms with Crippen LogP contribution in [0.15, 0.2) is 36.0 Å². The number of nitriles is 1. The molecule has 0 aliphatic carbocycles. The highest BCUT2D eigenvalue weighted by Crippen LogP contribution is 2.20. The second-order valence-electron chi connectivity index (χ2n) is 5.94. The summed E-state index contributed by atoms with van der Waals surface area (Å²) >= 11 is 0. The fourth-order valence-corrected chi connectivity index (χ4v) is 2.73. The van der Waals surface area contributed by atoms with Gasteiger partial charge in [0.15, 0.2) is 0 Å². The van der Waals surface area contributed by atoms with Crippen LogP contribution in [0.25, 0.3) is 0 Å². The van der Waals surface area contributed by atoms with E-state index in [0.717, 1.165) is 0 Å². The molecule has 27 heavy (non-hydrogen) atoms. The molecule has 1 aliphatic heterocycles. The predicted octanol–water partition coefficient (Wildman–Crippen LogP) is 2.22. The Labute approximate surface area is 156 Å². The highest BCUT2D eigenvalue weighted by molar-refractivity contribution is 5.97. The first-order valence-electron chi connectivity index (χ1n) is 8.53. The maximum Gasteiger partial charge on any atom is 0.309 e. The first kappa shape index (κ1) is 19.9. The lowest BCUT2D eigenvalue weighted by molar-refractivity contribution is -0.384. The van der Waals surface area contributed by atoms with E-state index in [0.29, 0.717) is 38.2 Å². The molecule has 9 heteroatoms. The van der Waals surface area contributed by atoms with Crippen LogP contribution in [-0.2, 0) is 14.3 Å². The average molecular weight is 372 g/mol. The molecule has 0 atom stereocenters. The third-order valence-electron chi connectivity index (χ3n) is 4.21. The second kappa shape index (κ2) is 9.33. The van der Waals surface area contributed by atoms with Crippen molar-refractivity contribution in [2.45, 2.75) is 19.8 Å². The van der Waals surface area contributed by atoms with Crippen LogP contribution in [0.2, 0.25) is 0 Å². The molecule has 0 bridgehead atoms. The van der Waals surface area contributed by atoms with Gasteiger partial charge in [0.1, 0.15) is 11.6 Å². The van der Waals surface area contributed by atoms with Crippen LogP contribution in [0.5, 0.6) is 0 Å². The van der Waals surface area contributed by atoms with E-state index in [9.17, 15) is 25.0 Å². The number of anilines is 1. The molecule has 1 aliphatic rings. The Morgan fingerprint density at radius 2 is 2.00 bits per heavy atom. The van der Waals surface area contributed by atoms with E-state index in [2.05, 4.69) is 5.32 Å². The van der Waals surface area contributed by atoms with Crippen molar-refractivity contribution < 1.29 is 19.2 Å². The molecule has 1 fully saturated rings. The molecule has 1 heterocycles. The van der Waals surface area contributed by atoms with Crippen LogP contribution in [0, 0.1) is 27.4 Å². The van der Waals surface area contributed by atoms with Crippen molar-refractivity contribution in [3.05, 3.63) is 46.2 Å². The fourth-order valence-electron chi connectivity index (χ4n) is 2.73. The number of benzene rings is 1. The Balaban J connectivity index is 1.95. The monoisotopic (exact) mass is 372 g/mol. The summed E-state index contributed by atoms with van der Waals surface area (Å²) in [7, 11) is 0. The Kier molecular flexibility index (Phi) is 6.88. The lowest BCUT2D eigenvalue weighted by Crippen LogP contribution is -2.41. The number of rotatable bonds is 6. The van der Waals surface area contributed by atoms with Gasteiger partial charge in [-0.2, -0.15) is 5.26 Å². The molecular weight excluding hydrogens is 352 g/mol. The summed E-state index contributed by atoms with van der Waals surface area (Å²) in [6.07, 6.45) is 2.28. The highest BCUT2D eigenvalue weighted by Gasteiger charge is 2.29. The maximum atomic E-state index is 12.5. The van der Waals surface area contributed by atoms with Crippen molar-refractivity contribution in [3.8, 4) is 6.07 Å². The molecule has 2 rings (SSSR count). The lowest BCUT2D eigenvalue weighted by atomic mass is 9.96. The molecule has 0 unspecified atom stereocenters. The molecule has 1 N–H and O–H groups in total. The molecule has 1 aromatic carbocycles. The largest absolute Gasteiger partial charge is 0.466 e. The van der Waals surface area contributed by atoms with Crippen molar-refractivity contribution in [1.29, 1.82) is 5.26 Å². The molecule has 0 saturated carbocycles. The van der Waals surface area contributed by atoms with Gasteiger partial charge in [0, 0.05) is 37.1 Å². The maximum absolute atomic E-state index is 12.5. The molecule has 1 amide bonds. The number of esters is 1. The quantitative estimate of drug-likeness (QED) is 0.267. The second-order valence-corrected chi connectivity index (χ2v) is 5.94. The van der Waals surface area contributed by atoms with Crippen molar-refractivity contribution in [3.63, 3.8) is 0 Å². The van der Waals surface area contributed by atoms with Crippen LogP contribution >= 0.6 is 0 Å². The number of carbonyl (C=O) groups is 2. The fraction of sp³-hybridized carbons (Fsp3) is 0.389. The highest BCUT2D eigenvalue weighted by atomic mass is 16.6. The van der Waals surface area contributed by atoms with Gasteiger partial charge in [0.05, 0.1) is 17.4 Å². The number of nitrogens with zero attached hydrogens (tertiary/aromatic N) is 3. The summed E-state index contributed by atoms with van der Waals surface area (Å²) < 4.78 is 5.00. The van der Waals surface area contributed by atoms with Crippen LogP contribution < -0.4 is 5.32 Å². The smallest absolute Gasteiger partial charge is 0.309 e. The molecule has 9 nitrogen and oxygen atoms in total. The van der Waals surface area contributed by atoms with E-state index in [-0.39, 0.29) is 23.1 Å². The van der Waals surface area contributed by atoms with Gasteiger partial charge in [0.25, 0.3) is 11.6 Å². The number of carbonyl (C=O) groups excluding carboxylic acids is 2. The van der Waals surface area contributed by atoms with Crippen LogP contribution in [0.3, 0.4) is 0 Å². The number of non-ortho nitro benzene ring substituents is 1. The molecule has 142 valence electrons. The lowest BCUT2D eigenvalue weighted by Gasteiger charge is -2.30. The minimum absolute atomic E-state index is 0.0504. The number of nitro groups is 1. The Morgan fingerprint density at radius 3 is 2.52 bits per heavy atom. The Morgan fingerprint density at radius 1 is 1.37 bits per heavy atom. The predicted molar refractivity (Wildman–Crippen MR) is 96.4 cm³/mol. The van der Waals surface area contributed by atoms with E-state index in [1.54, 1.807) is 6.92 Å². The van der Waals surface area contributed by atoms with Crippen molar-refractivity contribution >= 4 is 23.3 Å². The zero-order chi connectivity index (χ0) is 19.8. The molecule has 0 spiro atoms. The van der Waals surface area contributed by atoms with Gasteiger partial charge >= 0.3 is 5.97 Å². The van der Waals surface area contributed by atoms with Gasteiger partial charge in [-0.25, -0.2) is 0 Å². The Hall–Kier alpha value is -3.41. The normalized spacial score (nSPS) is 15.0. The zero-order valence-electron chi connectivity index (χ0n) is 14.9. The van der Waals surface area contributed by atoms with Crippen molar-refractivity contribution in [1.82, 2.24) is 4.90 Å². The minimum atomic E-state index is -0.510. The van der Waals surface area contributed by atoms with Crippen molar-refractivity contribution in [2.24, 2.45) is 5.92 Å². The van der Waals surface area contributed by atoms with Gasteiger partial charge in [-0.05, 0) is 31.9 Å². The summed E-state index contributed by atoms with van der Waals surface area (Å²) in [5.74, 6) is -0.892. The standard InChI is InChI=1S/C18H20N4O5/c1-2-27-18(24)13-7-9-21(10-8-13)17(23)14(11-19)12-20-15-3-5-16(6-4-15)22(25)26/h3-6,12-13,20H,2,7-10H2,1H3/b14-12-.